The molecule has 0 aliphatic carbocycles. The molecule has 1 atom stereocenters. The lowest BCUT2D eigenvalue weighted by atomic mass is 10.2. The van der Waals surface area contributed by atoms with Gasteiger partial charge in [0.15, 0.2) is 12.7 Å². The molecule has 1 aromatic heterocycles. The first-order valence-corrected chi connectivity index (χ1v) is 9.70. The predicted molar refractivity (Wildman–Crippen MR) is 108 cm³/mol. The Kier molecular flexibility index (Phi) is 6.42. The number of esters is 1. The molecule has 3 aromatic rings. The molecule has 8 heteroatoms. The van der Waals surface area contributed by atoms with E-state index in [1.165, 1.54) is 23.2 Å². The molecule has 0 saturated carbocycles. The Bertz CT molecular complexity index is 1020. The number of amides is 1. The van der Waals surface area contributed by atoms with Crippen LogP contribution in [0.4, 0.5) is 0 Å². The number of benzene rings is 2. The standard InChI is InChI=1S/C21H19N3O4S/c1-14(28-16-9-7-15(11-22)8-10-16)21(26)27-13-20(25)24(2)12-19-23-17-5-3-4-6-18(17)29-19/h3-10,14H,12-13H2,1-2H3/t14-/m0/s1. The SMILES string of the molecule is C[C@H](Oc1ccc(C#N)cc1)C(=O)OCC(=O)N(C)Cc1nc2ccccc2s1. The summed E-state index contributed by atoms with van der Waals surface area (Å²) >= 11 is 1.52. The van der Waals surface area contributed by atoms with Crippen LogP contribution in [0.3, 0.4) is 0 Å². The van der Waals surface area contributed by atoms with Gasteiger partial charge in [-0.15, -0.1) is 11.3 Å². The van der Waals surface area contributed by atoms with Gasteiger partial charge in [0.2, 0.25) is 0 Å². The summed E-state index contributed by atoms with van der Waals surface area (Å²) in [6.07, 6.45) is -0.884. The summed E-state index contributed by atoms with van der Waals surface area (Å²) in [7, 11) is 1.64. The molecule has 0 saturated heterocycles. The van der Waals surface area contributed by atoms with Gasteiger partial charge >= 0.3 is 5.97 Å². The van der Waals surface area contributed by atoms with Crippen molar-refractivity contribution in [3.8, 4) is 11.8 Å². The van der Waals surface area contributed by atoms with Crippen LogP contribution in [0.2, 0.25) is 0 Å². The Morgan fingerprint density at radius 3 is 2.62 bits per heavy atom. The molecule has 148 valence electrons. The van der Waals surface area contributed by atoms with Gasteiger partial charge in [0.25, 0.3) is 5.91 Å². The highest BCUT2D eigenvalue weighted by molar-refractivity contribution is 7.18. The van der Waals surface area contributed by atoms with E-state index >= 15 is 0 Å². The Morgan fingerprint density at radius 2 is 1.93 bits per heavy atom. The van der Waals surface area contributed by atoms with Gasteiger partial charge in [-0.2, -0.15) is 5.26 Å². The average molecular weight is 409 g/mol. The molecule has 7 nitrogen and oxygen atoms in total. The summed E-state index contributed by atoms with van der Waals surface area (Å²) in [5.74, 6) is -0.535. The molecular formula is C21H19N3O4S. The fourth-order valence-corrected chi connectivity index (χ4v) is 3.52. The van der Waals surface area contributed by atoms with Gasteiger partial charge < -0.3 is 14.4 Å². The van der Waals surface area contributed by atoms with E-state index in [1.807, 2.05) is 30.3 Å². The van der Waals surface area contributed by atoms with E-state index in [4.69, 9.17) is 14.7 Å². The normalized spacial score (nSPS) is 11.5. The number of nitriles is 1. The maximum atomic E-state index is 12.3. The molecule has 0 unspecified atom stereocenters. The Morgan fingerprint density at radius 1 is 1.21 bits per heavy atom. The molecular weight excluding hydrogens is 390 g/mol. The number of carbonyl (C=O) groups is 2. The number of hydrogen-bond acceptors (Lipinski definition) is 7. The van der Waals surface area contributed by atoms with Crippen molar-refractivity contribution in [1.29, 1.82) is 5.26 Å². The lowest BCUT2D eigenvalue weighted by Gasteiger charge is -2.17. The Balaban J connectivity index is 1.48. The fourth-order valence-electron chi connectivity index (χ4n) is 2.50. The number of hydrogen-bond donors (Lipinski definition) is 0. The van der Waals surface area contributed by atoms with Crippen LogP contribution in [-0.4, -0.2) is 41.5 Å². The Labute approximate surface area is 172 Å². The second-order valence-corrected chi connectivity index (χ2v) is 7.44. The second-order valence-electron chi connectivity index (χ2n) is 6.33. The molecule has 0 aliphatic heterocycles. The number of aromatic nitrogens is 1. The van der Waals surface area contributed by atoms with Crippen molar-refractivity contribution in [2.24, 2.45) is 0 Å². The summed E-state index contributed by atoms with van der Waals surface area (Å²) in [6, 6.07) is 16.1. The lowest BCUT2D eigenvalue weighted by Crippen LogP contribution is -2.33. The number of nitrogens with zero attached hydrogens (tertiary/aromatic N) is 3. The predicted octanol–water partition coefficient (Wildman–Crippen LogP) is 3.14. The molecule has 2 aromatic carbocycles. The highest BCUT2D eigenvalue weighted by atomic mass is 32.1. The third kappa shape index (κ3) is 5.30. The average Bonchev–Trinajstić information content (AvgIpc) is 3.14. The lowest BCUT2D eigenvalue weighted by molar-refractivity contribution is -0.157. The first-order chi connectivity index (χ1) is 14.0. The summed E-state index contributed by atoms with van der Waals surface area (Å²) < 4.78 is 11.6. The van der Waals surface area contributed by atoms with E-state index < -0.39 is 12.1 Å². The van der Waals surface area contributed by atoms with E-state index in [2.05, 4.69) is 4.98 Å². The molecule has 0 fully saturated rings. The zero-order valence-electron chi connectivity index (χ0n) is 16.0. The van der Waals surface area contributed by atoms with Crippen LogP contribution in [0, 0.1) is 11.3 Å². The summed E-state index contributed by atoms with van der Waals surface area (Å²) in [6.45, 7) is 1.50. The zero-order valence-corrected chi connectivity index (χ0v) is 16.8. The maximum absolute atomic E-state index is 12.3. The third-order valence-electron chi connectivity index (χ3n) is 4.10. The van der Waals surface area contributed by atoms with Gasteiger partial charge in [0.05, 0.1) is 28.4 Å². The molecule has 0 aliphatic rings. The minimum absolute atomic E-state index is 0.330. The fraction of sp³-hybridized carbons (Fsp3) is 0.238. The van der Waals surface area contributed by atoms with E-state index in [-0.39, 0.29) is 12.5 Å². The van der Waals surface area contributed by atoms with Crippen molar-refractivity contribution >= 4 is 33.4 Å². The maximum Gasteiger partial charge on any atom is 0.347 e. The van der Waals surface area contributed by atoms with Crippen LogP contribution in [0.5, 0.6) is 5.75 Å². The number of ether oxygens (including phenoxy) is 2. The highest BCUT2D eigenvalue weighted by Gasteiger charge is 2.20. The van der Waals surface area contributed by atoms with Crippen LogP contribution < -0.4 is 4.74 Å². The van der Waals surface area contributed by atoms with Gasteiger partial charge in [-0.3, -0.25) is 4.79 Å². The van der Waals surface area contributed by atoms with Crippen molar-refractivity contribution < 1.29 is 19.1 Å². The number of fused-ring (bicyclic) bond motifs is 1. The van der Waals surface area contributed by atoms with E-state index in [9.17, 15) is 9.59 Å². The van der Waals surface area contributed by atoms with E-state index in [0.29, 0.717) is 17.9 Å². The van der Waals surface area contributed by atoms with Crippen LogP contribution in [0.1, 0.15) is 17.5 Å². The van der Waals surface area contributed by atoms with Crippen molar-refractivity contribution in [3.63, 3.8) is 0 Å². The molecule has 0 bridgehead atoms. The quantitative estimate of drug-likeness (QED) is 0.557. The largest absolute Gasteiger partial charge is 0.479 e. The number of carbonyl (C=O) groups excluding carboxylic acids is 2. The van der Waals surface area contributed by atoms with Crippen LogP contribution in [-0.2, 0) is 20.9 Å². The van der Waals surface area contributed by atoms with Gasteiger partial charge in [-0.05, 0) is 43.3 Å². The van der Waals surface area contributed by atoms with Crippen molar-refractivity contribution in [2.45, 2.75) is 19.6 Å². The smallest absolute Gasteiger partial charge is 0.347 e. The number of para-hydroxylation sites is 1. The second kappa shape index (κ2) is 9.17. The first-order valence-electron chi connectivity index (χ1n) is 8.88. The molecule has 0 N–H and O–H groups in total. The summed E-state index contributed by atoms with van der Waals surface area (Å²) in [4.78, 5) is 30.3. The minimum Gasteiger partial charge on any atom is -0.479 e. The number of rotatable bonds is 7. The summed E-state index contributed by atoms with van der Waals surface area (Å²) in [5, 5.41) is 9.60. The zero-order chi connectivity index (χ0) is 20.8. The topological polar surface area (TPSA) is 92.5 Å². The molecule has 0 spiro atoms. The van der Waals surface area contributed by atoms with Crippen LogP contribution >= 0.6 is 11.3 Å². The van der Waals surface area contributed by atoms with Gasteiger partial charge in [0.1, 0.15) is 10.8 Å². The minimum atomic E-state index is -0.884. The van der Waals surface area contributed by atoms with Crippen molar-refractivity contribution in [1.82, 2.24) is 9.88 Å². The number of thiazole rings is 1. The number of likely N-dealkylation sites (N-methyl/N-ethyl adjacent to an activating group) is 1. The van der Waals surface area contributed by atoms with Gasteiger partial charge in [-0.1, -0.05) is 12.1 Å². The molecule has 3 rings (SSSR count). The van der Waals surface area contributed by atoms with Crippen LogP contribution in [0.15, 0.2) is 48.5 Å². The molecule has 1 amide bonds. The molecule has 29 heavy (non-hydrogen) atoms. The van der Waals surface area contributed by atoms with Crippen molar-refractivity contribution in [3.05, 3.63) is 59.1 Å². The van der Waals surface area contributed by atoms with Crippen LogP contribution in [0.25, 0.3) is 10.2 Å². The Hall–Kier alpha value is -3.44. The third-order valence-corrected chi connectivity index (χ3v) is 5.12. The molecule has 1 heterocycles. The van der Waals surface area contributed by atoms with E-state index in [0.717, 1.165) is 15.2 Å². The first kappa shape index (κ1) is 20.3. The van der Waals surface area contributed by atoms with Gasteiger partial charge in [-0.25, -0.2) is 9.78 Å². The van der Waals surface area contributed by atoms with Crippen molar-refractivity contribution in [2.75, 3.05) is 13.7 Å². The highest BCUT2D eigenvalue weighted by Crippen LogP contribution is 2.22. The molecule has 0 radical (unpaired) electrons. The van der Waals surface area contributed by atoms with Gasteiger partial charge in [0, 0.05) is 7.05 Å². The monoisotopic (exact) mass is 409 g/mol. The summed E-state index contributed by atoms with van der Waals surface area (Å²) in [5.41, 5.74) is 1.39. The van der Waals surface area contributed by atoms with E-state index in [1.54, 1.807) is 31.3 Å².